The molecule has 0 aliphatic rings. The average Bonchev–Trinajstić information content (AvgIpc) is 2.22. The van der Waals surface area contributed by atoms with E-state index < -0.39 is 0 Å². The minimum atomic E-state index is 0.314. The lowest BCUT2D eigenvalue weighted by Crippen LogP contribution is -1.93. The Kier molecular flexibility index (Phi) is 2.68. The fourth-order valence-corrected chi connectivity index (χ4v) is 1.48. The Balaban J connectivity index is 2.26. The van der Waals surface area contributed by atoms with Gasteiger partial charge in [-0.05, 0) is 30.7 Å². The van der Waals surface area contributed by atoms with Gasteiger partial charge >= 0.3 is 0 Å². The number of para-hydroxylation sites is 1. The molecular weight excluding hydrogens is 186 g/mol. The number of pyridine rings is 1. The van der Waals surface area contributed by atoms with E-state index in [0.29, 0.717) is 12.2 Å². The van der Waals surface area contributed by atoms with Gasteiger partial charge in [0.15, 0.2) is 0 Å². The summed E-state index contributed by atoms with van der Waals surface area (Å²) in [5.74, 6) is 0.314. The molecule has 1 N–H and O–H groups in total. The highest BCUT2D eigenvalue weighted by atomic mass is 16.3. The van der Waals surface area contributed by atoms with E-state index in [1.165, 1.54) is 0 Å². The molecule has 0 bridgehead atoms. The summed E-state index contributed by atoms with van der Waals surface area (Å²) >= 11 is 0. The number of aromatic nitrogens is 1. The highest BCUT2D eigenvalue weighted by molar-refractivity contribution is 5.35. The van der Waals surface area contributed by atoms with Crippen molar-refractivity contribution < 1.29 is 5.11 Å². The zero-order valence-electron chi connectivity index (χ0n) is 8.35. The summed E-state index contributed by atoms with van der Waals surface area (Å²) in [6, 6.07) is 13.0. The van der Waals surface area contributed by atoms with E-state index >= 15 is 0 Å². The molecule has 0 amide bonds. The molecular formula is C13H12NO. The second-order valence-electron chi connectivity index (χ2n) is 3.43. The first kappa shape index (κ1) is 9.71. The van der Waals surface area contributed by atoms with Gasteiger partial charge in [-0.1, -0.05) is 24.3 Å². The van der Waals surface area contributed by atoms with Gasteiger partial charge in [-0.2, -0.15) is 0 Å². The van der Waals surface area contributed by atoms with E-state index in [9.17, 15) is 5.11 Å². The van der Waals surface area contributed by atoms with Crippen molar-refractivity contribution in [3.8, 4) is 5.75 Å². The molecule has 1 radical (unpaired) electrons. The number of benzene rings is 1. The molecule has 1 aromatic carbocycles. The molecule has 2 heteroatoms. The highest BCUT2D eigenvalue weighted by Crippen LogP contribution is 2.18. The second kappa shape index (κ2) is 4.13. The highest BCUT2D eigenvalue weighted by Gasteiger charge is 2.02. The zero-order chi connectivity index (χ0) is 10.7. The normalized spacial score (nSPS) is 10.2. The third-order valence-electron chi connectivity index (χ3n) is 2.23. The predicted octanol–water partition coefficient (Wildman–Crippen LogP) is 2.56. The third-order valence-corrected chi connectivity index (χ3v) is 2.23. The van der Waals surface area contributed by atoms with Gasteiger partial charge < -0.3 is 5.11 Å². The van der Waals surface area contributed by atoms with Crippen LogP contribution in [0.15, 0.2) is 42.5 Å². The van der Waals surface area contributed by atoms with Crippen molar-refractivity contribution in [2.24, 2.45) is 0 Å². The molecule has 0 unspecified atom stereocenters. The van der Waals surface area contributed by atoms with Gasteiger partial charge in [-0.25, -0.2) is 0 Å². The number of phenolic OH excluding ortho intramolecular Hbond substituents is 1. The lowest BCUT2D eigenvalue weighted by Gasteiger charge is -2.04. The van der Waals surface area contributed by atoms with Crippen LogP contribution in [0.2, 0.25) is 0 Å². The molecule has 2 rings (SSSR count). The van der Waals surface area contributed by atoms with Gasteiger partial charge in [-0.3, -0.25) is 4.98 Å². The molecule has 0 spiro atoms. The maximum absolute atomic E-state index is 9.60. The van der Waals surface area contributed by atoms with Gasteiger partial charge in [0.05, 0.1) is 0 Å². The van der Waals surface area contributed by atoms with Crippen LogP contribution in [0.25, 0.3) is 0 Å². The van der Waals surface area contributed by atoms with Crippen molar-refractivity contribution in [2.75, 3.05) is 0 Å². The molecule has 2 nitrogen and oxygen atoms in total. The number of rotatable bonds is 2. The minimum absolute atomic E-state index is 0.314. The number of hydrogen-bond acceptors (Lipinski definition) is 2. The number of phenols is 1. The van der Waals surface area contributed by atoms with Crippen molar-refractivity contribution in [3.63, 3.8) is 0 Å². The smallest absolute Gasteiger partial charge is 0.119 e. The molecule has 15 heavy (non-hydrogen) atoms. The maximum Gasteiger partial charge on any atom is 0.119 e. The molecule has 0 aliphatic heterocycles. The van der Waals surface area contributed by atoms with Gasteiger partial charge in [0.2, 0.25) is 0 Å². The van der Waals surface area contributed by atoms with Gasteiger partial charge in [0, 0.05) is 17.8 Å². The first-order valence-electron chi connectivity index (χ1n) is 4.80. The van der Waals surface area contributed by atoms with E-state index in [0.717, 1.165) is 17.0 Å². The molecule has 0 atom stereocenters. The number of nitrogens with zero attached hydrogens (tertiary/aromatic N) is 1. The molecule has 0 fully saturated rings. The lowest BCUT2D eigenvalue weighted by molar-refractivity contribution is 0.469. The van der Waals surface area contributed by atoms with Gasteiger partial charge in [0.1, 0.15) is 5.75 Å². The summed E-state index contributed by atoms with van der Waals surface area (Å²) in [6.45, 7) is 3.77. The van der Waals surface area contributed by atoms with E-state index in [-0.39, 0.29) is 0 Å². The predicted molar refractivity (Wildman–Crippen MR) is 59.6 cm³/mol. The summed E-state index contributed by atoms with van der Waals surface area (Å²) in [5, 5.41) is 9.60. The molecule has 0 aliphatic carbocycles. The summed E-state index contributed by atoms with van der Waals surface area (Å²) in [7, 11) is 0. The SMILES string of the molecule is [CH2]c1cccc(Cc2ccccc2O)n1. The van der Waals surface area contributed by atoms with Crippen LogP contribution in [0, 0.1) is 6.92 Å². The van der Waals surface area contributed by atoms with Crippen LogP contribution < -0.4 is 0 Å². The monoisotopic (exact) mass is 198 g/mol. The first-order chi connectivity index (χ1) is 7.25. The van der Waals surface area contributed by atoms with Crippen LogP contribution in [0.3, 0.4) is 0 Å². The lowest BCUT2D eigenvalue weighted by atomic mass is 10.1. The third kappa shape index (κ3) is 2.34. The Bertz CT molecular complexity index is 466. The molecule has 75 valence electrons. The van der Waals surface area contributed by atoms with E-state index in [4.69, 9.17) is 0 Å². The van der Waals surface area contributed by atoms with E-state index in [1.54, 1.807) is 6.07 Å². The zero-order valence-corrected chi connectivity index (χ0v) is 8.35. The summed E-state index contributed by atoms with van der Waals surface area (Å²) in [6.07, 6.45) is 0.635. The Morgan fingerprint density at radius 1 is 1.07 bits per heavy atom. The fourth-order valence-electron chi connectivity index (χ4n) is 1.48. The molecule has 1 aromatic heterocycles. The quantitative estimate of drug-likeness (QED) is 0.804. The molecule has 2 aromatic rings. The van der Waals surface area contributed by atoms with Crippen LogP contribution in [0.5, 0.6) is 5.75 Å². The van der Waals surface area contributed by atoms with Crippen molar-refractivity contribution in [2.45, 2.75) is 6.42 Å². The number of hydrogen-bond donors (Lipinski definition) is 1. The van der Waals surface area contributed by atoms with Crippen molar-refractivity contribution >= 4 is 0 Å². The largest absolute Gasteiger partial charge is 0.508 e. The maximum atomic E-state index is 9.60. The van der Waals surface area contributed by atoms with Crippen molar-refractivity contribution in [1.29, 1.82) is 0 Å². The Hall–Kier alpha value is -1.83. The van der Waals surface area contributed by atoms with Crippen LogP contribution >= 0.6 is 0 Å². The van der Waals surface area contributed by atoms with Crippen molar-refractivity contribution in [1.82, 2.24) is 4.98 Å². The molecule has 0 saturated heterocycles. The van der Waals surface area contributed by atoms with E-state index in [1.807, 2.05) is 36.4 Å². The van der Waals surface area contributed by atoms with Crippen LogP contribution in [0.4, 0.5) is 0 Å². The summed E-state index contributed by atoms with van der Waals surface area (Å²) in [5.41, 5.74) is 2.56. The van der Waals surface area contributed by atoms with Gasteiger partial charge in [-0.15, -0.1) is 0 Å². The fraction of sp³-hybridized carbons (Fsp3) is 0.0769. The van der Waals surface area contributed by atoms with Gasteiger partial charge in [0.25, 0.3) is 0 Å². The van der Waals surface area contributed by atoms with Crippen LogP contribution in [-0.2, 0) is 6.42 Å². The molecule has 1 heterocycles. The summed E-state index contributed by atoms with van der Waals surface area (Å²) in [4.78, 5) is 4.29. The van der Waals surface area contributed by atoms with Crippen LogP contribution in [-0.4, -0.2) is 10.1 Å². The summed E-state index contributed by atoms with van der Waals surface area (Å²) < 4.78 is 0. The average molecular weight is 198 g/mol. The van der Waals surface area contributed by atoms with E-state index in [2.05, 4.69) is 11.9 Å². The first-order valence-corrected chi connectivity index (χ1v) is 4.80. The molecule has 0 saturated carbocycles. The standard InChI is InChI=1S/C13H12NO/c1-10-5-4-7-12(14-10)9-11-6-2-3-8-13(11)15/h2-8,15H,1,9H2. The topological polar surface area (TPSA) is 33.1 Å². The second-order valence-corrected chi connectivity index (χ2v) is 3.43. The van der Waals surface area contributed by atoms with Crippen LogP contribution in [0.1, 0.15) is 17.0 Å². The number of aromatic hydroxyl groups is 1. The minimum Gasteiger partial charge on any atom is -0.508 e. The Morgan fingerprint density at radius 3 is 2.60 bits per heavy atom. The Labute approximate surface area is 89.2 Å². The Morgan fingerprint density at radius 2 is 1.87 bits per heavy atom. The van der Waals surface area contributed by atoms with Crippen molar-refractivity contribution in [3.05, 3.63) is 66.3 Å².